The third-order valence-corrected chi connectivity index (χ3v) is 3.34. The topological polar surface area (TPSA) is 12.0 Å². The summed E-state index contributed by atoms with van der Waals surface area (Å²) in [6.45, 7) is 2.99. The molecule has 2 rings (SSSR count). The van der Waals surface area contributed by atoms with Gasteiger partial charge in [-0.3, -0.25) is 0 Å². The van der Waals surface area contributed by atoms with Gasteiger partial charge in [0.1, 0.15) is 12.5 Å². The highest BCUT2D eigenvalue weighted by Gasteiger charge is 2.17. The van der Waals surface area contributed by atoms with E-state index in [9.17, 15) is 8.78 Å². The van der Waals surface area contributed by atoms with Gasteiger partial charge in [-0.25, -0.2) is 8.78 Å². The van der Waals surface area contributed by atoms with Gasteiger partial charge < -0.3 is 5.32 Å². The summed E-state index contributed by atoms with van der Waals surface area (Å²) in [6, 6.07) is 3.43. The number of piperidine rings is 1. The van der Waals surface area contributed by atoms with E-state index in [1.165, 1.54) is 6.07 Å². The molecule has 3 heteroatoms. The van der Waals surface area contributed by atoms with Crippen molar-refractivity contribution in [3.63, 3.8) is 0 Å². The molecule has 1 fully saturated rings. The lowest BCUT2D eigenvalue weighted by molar-refractivity contribution is 0.450. The summed E-state index contributed by atoms with van der Waals surface area (Å²) in [6.07, 6.45) is 2.21. The molecule has 0 aromatic heterocycles. The fraction of sp³-hybridized carbons (Fsp3) is 0.538. The van der Waals surface area contributed by atoms with Crippen LogP contribution >= 0.6 is 0 Å². The summed E-state index contributed by atoms with van der Waals surface area (Å²) in [5.41, 5.74) is 1.93. The Balaban J connectivity index is 2.28. The van der Waals surface area contributed by atoms with Crippen LogP contribution in [0.3, 0.4) is 0 Å². The molecule has 0 aliphatic carbocycles. The molecular formula is C13H17F2N. The number of hydrogen-bond acceptors (Lipinski definition) is 1. The summed E-state index contributed by atoms with van der Waals surface area (Å²) < 4.78 is 26.2. The van der Waals surface area contributed by atoms with Gasteiger partial charge in [0.15, 0.2) is 0 Å². The molecule has 1 aliphatic heterocycles. The summed E-state index contributed by atoms with van der Waals surface area (Å²) >= 11 is 0. The van der Waals surface area contributed by atoms with Gasteiger partial charge in [0.2, 0.25) is 0 Å². The lowest BCUT2D eigenvalue weighted by Gasteiger charge is -2.24. The van der Waals surface area contributed by atoms with E-state index in [0.29, 0.717) is 5.92 Å². The number of nitrogens with one attached hydrogen (secondary N) is 1. The molecule has 1 unspecified atom stereocenters. The van der Waals surface area contributed by atoms with Crippen LogP contribution in [0.2, 0.25) is 0 Å². The Hall–Kier alpha value is -0.960. The van der Waals surface area contributed by atoms with E-state index >= 15 is 0 Å². The van der Waals surface area contributed by atoms with Crippen LogP contribution in [-0.4, -0.2) is 13.1 Å². The van der Waals surface area contributed by atoms with E-state index in [1.54, 1.807) is 6.92 Å². The molecule has 1 atom stereocenters. The highest BCUT2D eigenvalue weighted by atomic mass is 19.1. The van der Waals surface area contributed by atoms with Gasteiger partial charge in [-0.15, -0.1) is 0 Å². The van der Waals surface area contributed by atoms with Gasteiger partial charge in [-0.2, -0.15) is 0 Å². The molecular weight excluding hydrogens is 208 g/mol. The minimum Gasteiger partial charge on any atom is -0.316 e. The van der Waals surface area contributed by atoms with Crippen molar-refractivity contribution in [2.24, 2.45) is 0 Å². The first-order chi connectivity index (χ1) is 7.72. The van der Waals surface area contributed by atoms with Crippen LogP contribution < -0.4 is 5.32 Å². The minimum atomic E-state index is -0.721. The molecule has 1 aromatic rings. The second-order valence-electron chi connectivity index (χ2n) is 4.48. The highest BCUT2D eigenvalue weighted by molar-refractivity contribution is 5.34. The van der Waals surface area contributed by atoms with Crippen LogP contribution in [0.1, 0.15) is 35.4 Å². The van der Waals surface area contributed by atoms with Gasteiger partial charge >= 0.3 is 0 Å². The third kappa shape index (κ3) is 2.24. The zero-order valence-electron chi connectivity index (χ0n) is 9.52. The lowest BCUT2D eigenvalue weighted by atomic mass is 9.89. The number of halogens is 2. The number of aryl methyl sites for hydroxylation is 1. The minimum absolute atomic E-state index is 0.201. The van der Waals surface area contributed by atoms with Crippen molar-refractivity contribution in [3.8, 4) is 0 Å². The maximum atomic E-state index is 13.6. The molecule has 1 saturated heterocycles. The number of benzene rings is 1. The molecule has 0 spiro atoms. The van der Waals surface area contributed by atoms with Gasteiger partial charge in [-0.05, 0) is 49.4 Å². The van der Waals surface area contributed by atoms with Crippen molar-refractivity contribution >= 4 is 0 Å². The molecule has 1 nitrogen and oxygen atoms in total. The molecule has 0 bridgehead atoms. The van der Waals surface area contributed by atoms with Crippen LogP contribution in [0.4, 0.5) is 8.78 Å². The summed E-state index contributed by atoms with van der Waals surface area (Å²) in [7, 11) is 0. The summed E-state index contributed by atoms with van der Waals surface area (Å²) in [5, 5.41) is 3.30. The Morgan fingerprint density at radius 3 is 2.81 bits per heavy atom. The Morgan fingerprint density at radius 2 is 2.25 bits per heavy atom. The average Bonchev–Trinajstić information content (AvgIpc) is 2.30. The maximum Gasteiger partial charge on any atom is 0.129 e. The monoisotopic (exact) mass is 225 g/mol. The molecule has 1 aliphatic rings. The summed E-state index contributed by atoms with van der Waals surface area (Å²) in [4.78, 5) is 0. The van der Waals surface area contributed by atoms with Crippen molar-refractivity contribution in [1.82, 2.24) is 5.32 Å². The van der Waals surface area contributed by atoms with Gasteiger partial charge in [0, 0.05) is 12.1 Å². The van der Waals surface area contributed by atoms with Crippen LogP contribution in [0.15, 0.2) is 12.1 Å². The van der Waals surface area contributed by atoms with E-state index in [1.807, 2.05) is 6.07 Å². The van der Waals surface area contributed by atoms with Gasteiger partial charge in [0.05, 0.1) is 0 Å². The van der Waals surface area contributed by atoms with Crippen molar-refractivity contribution in [2.75, 3.05) is 13.1 Å². The van der Waals surface area contributed by atoms with E-state index in [4.69, 9.17) is 0 Å². The number of hydrogen-bond donors (Lipinski definition) is 1. The first-order valence-electron chi connectivity index (χ1n) is 5.78. The third-order valence-electron chi connectivity index (χ3n) is 3.34. The van der Waals surface area contributed by atoms with Gasteiger partial charge in [-0.1, -0.05) is 6.07 Å². The van der Waals surface area contributed by atoms with Crippen molar-refractivity contribution < 1.29 is 8.78 Å². The Bertz CT molecular complexity index is 347. The Morgan fingerprint density at radius 1 is 1.44 bits per heavy atom. The lowest BCUT2D eigenvalue weighted by Crippen LogP contribution is -2.28. The Labute approximate surface area is 94.9 Å². The van der Waals surface area contributed by atoms with Crippen molar-refractivity contribution in [2.45, 2.75) is 32.4 Å². The molecule has 0 amide bonds. The van der Waals surface area contributed by atoms with Gasteiger partial charge in [0.25, 0.3) is 0 Å². The van der Waals surface area contributed by atoms with E-state index in [2.05, 4.69) is 5.32 Å². The highest BCUT2D eigenvalue weighted by Crippen LogP contribution is 2.27. The maximum absolute atomic E-state index is 13.6. The first kappa shape index (κ1) is 11.5. The number of rotatable bonds is 2. The quantitative estimate of drug-likeness (QED) is 0.815. The van der Waals surface area contributed by atoms with E-state index < -0.39 is 12.5 Å². The molecule has 1 N–H and O–H groups in total. The molecule has 16 heavy (non-hydrogen) atoms. The smallest absolute Gasteiger partial charge is 0.129 e. The second-order valence-corrected chi connectivity index (χ2v) is 4.48. The zero-order valence-corrected chi connectivity index (χ0v) is 9.52. The zero-order chi connectivity index (χ0) is 11.5. The van der Waals surface area contributed by atoms with Crippen LogP contribution in [-0.2, 0) is 6.67 Å². The molecule has 0 radical (unpaired) electrons. The van der Waals surface area contributed by atoms with Crippen molar-refractivity contribution in [1.29, 1.82) is 0 Å². The van der Waals surface area contributed by atoms with E-state index in [-0.39, 0.29) is 5.56 Å². The normalized spacial score (nSPS) is 21.1. The molecule has 1 heterocycles. The second kappa shape index (κ2) is 4.91. The summed E-state index contributed by atoms with van der Waals surface area (Å²) in [5.74, 6) is -0.0290. The van der Waals surface area contributed by atoms with Crippen molar-refractivity contribution in [3.05, 3.63) is 34.6 Å². The van der Waals surface area contributed by atoms with Crippen LogP contribution in [0.5, 0.6) is 0 Å². The fourth-order valence-corrected chi connectivity index (χ4v) is 2.34. The molecule has 0 saturated carbocycles. The standard InChI is InChI=1S/C13H17F2N/c1-9-5-11(6-13(15)12(9)7-14)10-3-2-4-16-8-10/h5-6,10,16H,2-4,7-8H2,1H3. The predicted octanol–water partition coefficient (Wildman–Crippen LogP) is 3.07. The average molecular weight is 225 g/mol. The van der Waals surface area contributed by atoms with Crippen LogP contribution in [0.25, 0.3) is 0 Å². The largest absolute Gasteiger partial charge is 0.316 e. The predicted molar refractivity (Wildman–Crippen MR) is 60.8 cm³/mol. The fourth-order valence-electron chi connectivity index (χ4n) is 2.34. The van der Waals surface area contributed by atoms with E-state index in [0.717, 1.165) is 37.1 Å². The Kier molecular flexibility index (Phi) is 3.54. The molecule has 88 valence electrons. The molecule has 1 aromatic carbocycles. The number of alkyl halides is 1. The SMILES string of the molecule is Cc1cc(C2CCCNC2)cc(F)c1CF. The first-order valence-corrected chi connectivity index (χ1v) is 5.78. The van der Waals surface area contributed by atoms with Crippen LogP contribution in [0, 0.1) is 12.7 Å².